The number of piperazine rings is 1. The van der Waals surface area contributed by atoms with Gasteiger partial charge in [-0.15, -0.1) is 0 Å². The molecule has 0 aliphatic carbocycles. The van der Waals surface area contributed by atoms with Crippen LogP contribution in [0.3, 0.4) is 0 Å². The van der Waals surface area contributed by atoms with Crippen LogP contribution in [-0.2, 0) is 19.2 Å². The molecule has 0 unspecified atom stereocenters. The maximum Gasteiger partial charge on any atom is 0.316 e. The zero-order chi connectivity index (χ0) is 15.2. The van der Waals surface area contributed by atoms with Crippen molar-refractivity contribution in [2.45, 2.75) is 12.8 Å². The van der Waals surface area contributed by atoms with E-state index in [1.807, 2.05) is 0 Å². The maximum atomic E-state index is 12.0. The number of carbonyl (C=O) groups is 4. The summed E-state index contributed by atoms with van der Waals surface area (Å²) < 4.78 is 0. The quantitative estimate of drug-likeness (QED) is 0.450. The molecule has 2 heterocycles. The maximum absolute atomic E-state index is 12.0. The van der Waals surface area contributed by atoms with Gasteiger partial charge in [0, 0.05) is 32.1 Å². The Morgan fingerprint density at radius 1 is 1.05 bits per heavy atom. The van der Waals surface area contributed by atoms with E-state index >= 15 is 0 Å². The van der Waals surface area contributed by atoms with Gasteiger partial charge in [-0.2, -0.15) is 0 Å². The summed E-state index contributed by atoms with van der Waals surface area (Å²) in [5, 5.41) is 5.33. The van der Waals surface area contributed by atoms with Gasteiger partial charge in [0.05, 0.1) is 0 Å². The average Bonchev–Trinajstić information content (AvgIpc) is 2.55. The topological polar surface area (TPSA) is 98.8 Å². The summed E-state index contributed by atoms with van der Waals surface area (Å²) in [5.74, 6) is -2.17. The number of hydrogen-bond donors (Lipinski definition) is 2. The van der Waals surface area contributed by atoms with E-state index in [1.54, 1.807) is 4.90 Å². The lowest BCUT2D eigenvalue weighted by Crippen LogP contribution is -2.53. The van der Waals surface area contributed by atoms with E-state index < -0.39 is 11.8 Å². The highest BCUT2D eigenvalue weighted by Crippen LogP contribution is 2.11. The minimum atomic E-state index is -0.877. The largest absolute Gasteiger partial charge is 0.342 e. The van der Waals surface area contributed by atoms with Crippen LogP contribution >= 0.6 is 0 Å². The van der Waals surface area contributed by atoms with Crippen molar-refractivity contribution >= 4 is 24.1 Å². The van der Waals surface area contributed by atoms with Gasteiger partial charge in [-0.3, -0.25) is 24.5 Å². The molecule has 0 saturated carbocycles. The predicted molar refractivity (Wildman–Crippen MR) is 73.0 cm³/mol. The van der Waals surface area contributed by atoms with Gasteiger partial charge in [0.1, 0.15) is 0 Å². The Hall–Kier alpha value is -1.96. The Bertz CT molecular complexity index is 426. The second kappa shape index (κ2) is 7.16. The molecular weight excluding hydrogens is 276 g/mol. The normalized spacial score (nSPS) is 20.0. The van der Waals surface area contributed by atoms with Gasteiger partial charge in [0.25, 0.3) is 0 Å². The molecule has 116 valence electrons. The molecule has 8 nitrogen and oxygen atoms in total. The van der Waals surface area contributed by atoms with Crippen LogP contribution in [0.4, 0.5) is 0 Å². The first-order valence-electron chi connectivity index (χ1n) is 7.16. The lowest BCUT2D eigenvalue weighted by Gasteiger charge is -2.32. The first-order valence-corrected chi connectivity index (χ1v) is 7.16. The van der Waals surface area contributed by atoms with E-state index in [1.165, 1.54) is 4.90 Å². The van der Waals surface area contributed by atoms with Crippen LogP contribution in [0, 0.1) is 5.92 Å². The van der Waals surface area contributed by atoms with Gasteiger partial charge in [0.2, 0.25) is 12.3 Å². The molecule has 0 atom stereocenters. The van der Waals surface area contributed by atoms with E-state index in [2.05, 4.69) is 10.6 Å². The Labute approximate surface area is 122 Å². The molecule has 2 N–H and O–H groups in total. The second-order valence-electron chi connectivity index (χ2n) is 5.28. The van der Waals surface area contributed by atoms with Gasteiger partial charge in [-0.1, -0.05) is 0 Å². The summed E-state index contributed by atoms with van der Waals surface area (Å²) in [6.07, 6.45) is 2.07. The fourth-order valence-corrected chi connectivity index (χ4v) is 2.53. The van der Waals surface area contributed by atoms with Crippen molar-refractivity contribution in [3.8, 4) is 0 Å². The predicted octanol–water partition coefficient (Wildman–Crippen LogP) is -2.07. The number of rotatable bonds is 2. The highest BCUT2D eigenvalue weighted by molar-refractivity contribution is 6.37. The Balaban J connectivity index is 1.81. The summed E-state index contributed by atoms with van der Waals surface area (Å²) in [6, 6.07) is 0. The summed E-state index contributed by atoms with van der Waals surface area (Å²) in [7, 11) is 0. The molecule has 2 fully saturated rings. The number of hydrogen-bond acceptors (Lipinski definition) is 5. The number of imide groups is 1. The molecule has 2 saturated heterocycles. The Kier molecular flexibility index (Phi) is 5.26. The van der Waals surface area contributed by atoms with Crippen molar-refractivity contribution in [2.75, 3.05) is 39.3 Å². The number of nitrogens with zero attached hydrogens (tertiary/aromatic N) is 2. The van der Waals surface area contributed by atoms with Crippen molar-refractivity contribution in [3.05, 3.63) is 0 Å². The summed E-state index contributed by atoms with van der Waals surface area (Å²) in [6.45, 7) is 2.93. The van der Waals surface area contributed by atoms with Crippen LogP contribution in [0.1, 0.15) is 12.8 Å². The minimum absolute atomic E-state index is 0.213. The van der Waals surface area contributed by atoms with Crippen molar-refractivity contribution in [1.29, 1.82) is 0 Å². The molecule has 0 radical (unpaired) electrons. The van der Waals surface area contributed by atoms with Crippen LogP contribution in [0.5, 0.6) is 0 Å². The second-order valence-corrected chi connectivity index (χ2v) is 5.28. The van der Waals surface area contributed by atoms with Gasteiger partial charge in [-0.05, 0) is 25.9 Å². The fraction of sp³-hybridized carbons (Fsp3) is 0.692. The highest BCUT2D eigenvalue weighted by Gasteiger charge is 2.29. The lowest BCUT2D eigenvalue weighted by atomic mass is 9.97. The molecule has 0 aromatic rings. The molecule has 4 amide bonds. The molecular formula is C13H20N4O4. The molecule has 0 spiro atoms. The van der Waals surface area contributed by atoms with Gasteiger partial charge in [0.15, 0.2) is 0 Å². The molecule has 21 heavy (non-hydrogen) atoms. The summed E-state index contributed by atoms with van der Waals surface area (Å²) in [5.41, 5.74) is 0. The number of nitrogens with one attached hydrogen (secondary N) is 2. The molecule has 0 aromatic heterocycles. The van der Waals surface area contributed by atoms with Crippen molar-refractivity contribution in [1.82, 2.24) is 20.4 Å². The summed E-state index contributed by atoms with van der Waals surface area (Å²) in [4.78, 5) is 49.2. The van der Waals surface area contributed by atoms with E-state index in [4.69, 9.17) is 0 Å². The van der Waals surface area contributed by atoms with E-state index in [-0.39, 0.29) is 11.8 Å². The van der Waals surface area contributed by atoms with E-state index in [9.17, 15) is 19.2 Å². The van der Waals surface area contributed by atoms with Crippen LogP contribution < -0.4 is 10.6 Å². The molecule has 2 aliphatic rings. The van der Waals surface area contributed by atoms with Gasteiger partial charge < -0.3 is 15.1 Å². The van der Waals surface area contributed by atoms with Crippen LogP contribution in [0.15, 0.2) is 0 Å². The first-order chi connectivity index (χ1) is 10.1. The Morgan fingerprint density at radius 2 is 1.67 bits per heavy atom. The third-order valence-corrected chi connectivity index (χ3v) is 3.89. The Morgan fingerprint density at radius 3 is 2.24 bits per heavy atom. The highest BCUT2D eigenvalue weighted by atomic mass is 16.2. The zero-order valence-corrected chi connectivity index (χ0v) is 11.8. The van der Waals surface area contributed by atoms with E-state index in [0.717, 1.165) is 19.5 Å². The van der Waals surface area contributed by atoms with Crippen molar-refractivity contribution < 1.29 is 19.2 Å². The molecule has 2 rings (SSSR count). The van der Waals surface area contributed by atoms with Crippen molar-refractivity contribution in [3.63, 3.8) is 0 Å². The summed E-state index contributed by atoms with van der Waals surface area (Å²) >= 11 is 0. The number of amides is 4. The first kappa shape index (κ1) is 15.4. The number of piperidine rings is 1. The smallest absolute Gasteiger partial charge is 0.316 e. The molecule has 8 heteroatoms. The monoisotopic (exact) mass is 296 g/mol. The zero-order valence-electron chi connectivity index (χ0n) is 11.8. The van der Waals surface area contributed by atoms with Crippen LogP contribution in [0.2, 0.25) is 0 Å². The average molecular weight is 296 g/mol. The van der Waals surface area contributed by atoms with Gasteiger partial charge in [-0.25, -0.2) is 0 Å². The lowest BCUT2D eigenvalue weighted by molar-refractivity contribution is -0.149. The van der Waals surface area contributed by atoms with E-state index in [0.29, 0.717) is 39.0 Å². The SMILES string of the molecule is O=CN1CCN(C(=O)C(=O)NC(=O)C2CCNCC2)CC1. The van der Waals surface area contributed by atoms with Crippen LogP contribution in [-0.4, -0.2) is 73.2 Å². The minimum Gasteiger partial charge on any atom is -0.342 e. The fourth-order valence-electron chi connectivity index (χ4n) is 2.53. The third kappa shape index (κ3) is 4.01. The standard InChI is InChI=1S/C13H20N4O4/c18-9-16-5-7-17(8-6-16)13(21)12(20)15-11(19)10-1-3-14-4-2-10/h9-10,14H,1-8H2,(H,15,19,20). The van der Waals surface area contributed by atoms with Gasteiger partial charge >= 0.3 is 11.8 Å². The molecule has 2 aliphatic heterocycles. The van der Waals surface area contributed by atoms with Crippen LogP contribution in [0.25, 0.3) is 0 Å². The number of carbonyl (C=O) groups excluding carboxylic acids is 4. The van der Waals surface area contributed by atoms with Crippen molar-refractivity contribution in [2.24, 2.45) is 5.92 Å². The molecule has 0 bridgehead atoms. The third-order valence-electron chi connectivity index (χ3n) is 3.89. The molecule has 0 aromatic carbocycles.